The number of amides is 1. The molecule has 1 N–H and O–H groups in total. The first-order valence-corrected chi connectivity index (χ1v) is 12.3. The number of likely N-dealkylation sites (N-methyl/N-ethyl adjacent to an activating group) is 1. The summed E-state index contributed by atoms with van der Waals surface area (Å²) in [6, 6.07) is 4.40. The largest absolute Gasteiger partial charge is 0.339 e. The summed E-state index contributed by atoms with van der Waals surface area (Å²) in [7, 11) is 0.962. The standard InChI is InChI=1S/C22H22ClFN4OS/c1-12-8-13(2)30(6-7-30)18(12)10-15-19-20(25-11-26-21(19)28(3)22(15)29)27-14-4-5-17(24)16(23)9-14/h4-5,9-11,13H,6-8H2,1-3H3,(H,25,26,27)/b15-10-. The first-order valence-electron chi connectivity index (χ1n) is 9.86. The van der Waals surface area contributed by atoms with Crippen LogP contribution in [-0.2, 0) is 4.79 Å². The van der Waals surface area contributed by atoms with E-state index in [1.165, 1.54) is 40.4 Å². The number of nitrogens with zero attached hydrogens (tertiary/aromatic N) is 3. The van der Waals surface area contributed by atoms with Crippen molar-refractivity contribution in [2.45, 2.75) is 25.5 Å². The van der Waals surface area contributed by atoms with E-state index >= 15 is 0 Å². The molecule has 0 saturated carbocycles. The van der Waals surface area contributed by atoms with Crippen molar-refractivity contribution in [3.05, 3.63) is 57.5 Å². The molecule has 1 saturated heterocycles. The van der Waals surface area contributed by atoms with Crippen molar-refractivity contribution >= 4 is 50.4 Å². The van der Waals surface area contributed by atoms with Gasteiger partial charge in [0.2, 0.25) is 0 Å². The lowest BCUT2D eigenvalue weighted by molar-refractivity contribution is -0.112. The number of fused-ring (bicyclic) bond motifs is 1. The van der Waals surface area contributed by atoms with E-state index in [0.717, 1.165) is 6.42 Å². The summed E-state index contributed by atoms with van der Waals surface area (Å²) in [5, 5.41) is 3.90. The number of aromatic nitrogens is 2. The summed E-state index contributed by atoms with van der Waals surface area (Å²) in [6.45, 7) is 4.52. The molecule has 4 heterocycles. The number of hydrogen-bond donors (Lipinski definition) is 1. The van der Waals surface area contributed by atoms with E-state index in [1.54, 1.807) is 18.0 Å². The summed E-state index contributed by atoms with van der Waals surface area (Å²) < 4.78 is 13.5. The summed E-state index contributed by atoms with van der Waals surface area (Å²) in [6.07, 6.45) is 4.63. The van der Waals surface area contributed by atoms with Gasteiger partial charge < -0.3 is 5.32 Å². The Hall–Kier alpha value is -2.38. The highest BCUT2D eigenvalue weighted by molar-refractivity contribution is 8.43. The second kappa shape index (κ2) is 6.82. The number of nitrogens with one attached hydrogen (secondary N) is 1. The lowest BCUT2D eigenvalue weighted by Gasteiger charge is -2.22. The molecule has 1 spiro atoms. The number of allylic oxidation sites excluding steroid dienone is 2. The van der Waals surface area contributed by atoms with Gasteiger partial charge in [0, 0.05) is 12.7 Å². The average Bonchev–Trinajstić information content (AvgIpc) is 3.43. The smallest absolute Gasteiger partial charge is 0.260 e. The van der Waals surface area contributed by atoms with Crippen LogP contribution in [0, 0.1) is 5.82 Å². The number of halogens is 2. The third-order valence-corrected chi connectivity index (χ3v) is 10.9. The van der Waals surface area contributed by atoms with Crippen LogP contribution in [0.25, 0.3) is 5.57 Å². The molecule has 1 fully saturated rings. The first kappa shape index (κ1) is 19.6. The van der Waals surface area contributed by atoms with E-state index in [0.29, 0.717) is 33.7 Å². The molecule has 1 atom stereocenters. The van der Waals surface area contributed by atoms with Crippen LogP contribution in [-0.4, -0.2) is 39.7 Å². The minimum Gasteiger partial charge on any atom is -0.339 e. The molecule has 3 aliphatic rings. The van der Waals surface area contributed by atoms with Crippen LogP contribution in [0.2, 0.25) is 5.02 Å². The Morgan fingerprint density at radius 3 is 2.80 bits per heavy atom. The van der Waals surface area contributed by atoms with Crippen LogP contribution in [0.5, 0.6) is 0 Å². The monoisotopic (exact) mass is 444 g/mol. The highest BCUT2D eigenvalue weighted by Crippen LogP contribution is 2.76. The SMILES string of the molecule is CC1=C(/C=C2\C(=O)N(C)c3ncnc(Nc4ccc(F)c(Cl)c4)c32)S2(CC2)C(C)C1. The highest BCUT2D eigenvalue weighted by atomic mass is 35.5. The van der Waals surface area contributed by atoms with Gasteiger partial charge in [-0.25, -0.2) is 24.4 Å². The number of carbonyl (C=O) groups is 1. The van der Waals surface area contributed by atoms with Crippen molar-refractivity contribution in [3.63, 3.8) is 0 Å². The Labute approximate surface area is 181 Å². The Balaban J connectivity index is 1.61. The number of hydrogen-bond acceptors (Lipinski definition) is 4. The Morgan fingerprint density at radius 2 is 2.10 bits per heavy atom. The lowest BCUT2D eigenvalue weighted by atomic mass is 10.1. The molecule has 0 aliphatic carbocycles. The molecular formula is C22H22ClFN4OS. The predicted molar refractivity (Wildman–Crippen MR) is 122 cm³/mol. The normalized spacial score (nSPS) is 24.0. The fraction of sp³-hybridized carbons (Fsp3) is 0.318. The summed E-state index contributed by atoms with van der Waals surface area (Å²) in [5.41, 5.74) is 3.28. The zero-order valence-electron chi connectivity index (χ0n) is 17.0. The van der Waals surface area contributed by atoms with Crippen molar-refractivity contribution in [1.82, 2.24) is 9.97 Å². The minimum atomic E-state index is -0.766. The Bertz CT molecular complexity index is 1160. The Morgan fingerprint density at radius 1 is 1.33 bits per heavy atom. The van der Waals surface area contributed by atoms with Gasteiger partial charge in [-0.3, -0.25) is 9.69 Å². The molecule has 1 aromatic heterocycles. The molecule has 2 aromatic rings. The second-order valence-electron chi connectivity index (χ2n) is 8.11. The van der Waals surface area contributed by atoms with Crippen molar-refractivity contribution < 1.29 is 9.18 Å². The van der Waals surface area contributed by atoms with Gasteiger partial charge in [-0.05, 0) is 59.3 Å². The fourth-order valence-electron chi connectivity index (χ4n) is 4.54. The number of rotatable bonds is 3. The zero-order chi connectivity index (χ0) is 21.2. The van der Waals surface area contributed by atoms with Crippen LogP contribution < -0.4 is 10.2 Å². The van der Waals surface area contributed by atoms with Crippen molar-refractivity contribution in [2.24, 2.45) is 0 Å². The number of benzene rings is 1. The third-order valence-electron chi connectivity index (χ3n) is 6.27. The lowest BCUT2D eigenvalue weighted by Crippen LogP contribution is -2.21. The van der Waals surface area contributed by atoms with E-state index in [4.69, 9.17) is 11.6 Å². The Kier molecular flexibility index (Phi) is 4.45. The molecule has 30 heavy (non-hydrogen) atoms. The van der Waals surface area contributed by atoms with Crippen molar-refractivity contribution in [2.75, 3.05) is 28.8 Å². The maximum Gasteiger partial charge on any atom is 0.260 e. The second-order valence-corrected chi connectivity index (χ2v) is 12.5. The van der Waals surface area contributed by atoms with Gasteiger partial charge >= 0.3 is 0 Å². The van der Waals surface area contributed by atoms with Gasteiger partial charge in [0.1, 0.15) is 23.8 Å². The molecule has 5 rings (SSSR count). The highest BCUT2D eigenvalue weighted by Gasteiger charge is 2.49. The third kappa shape index (κ3) is 2.87. The number of carbonyl (C=O) groups excluding carboxylic acids is 1. The molecule has 8 heteroatoms. The molecule has 1 aromatic carbocycles. The van der Waals surface area contributed by atoms with Gasteiger partial charge in [-0.2, -0.15) is 0 Å². The van der Waals surface area contributed by atoms with Crippen LogP contribution >= 0.6 is 21.6 Å². The maximum atomic E-state index is 13.5. The van der Waals surface area contributed by atoms with Crippen LogP contribution in [0.1, 0.15) is 25.8 Å². The maximum absolute atomic E-state index is 13.5. The predicted octanol–water partition coefficient (Wildman–Crippen LogP) is 5.26. The topological polar surface area (TPSA) is 58.1 Å². The van der Waals surface area contributed by atoms with Gasteiger partial charge in [0.05, 0.1) is 16.2 Å². The summed E-state index contributed by atoms with van der Waals surface area (Å²) >= 11 is 5.93. The summed E-state index contributed by atoms with van der Waals surface area (Å²) in [5.74, 6) is 3.02. The van der Waals surface area contributed by atoms with E-state index in [-0.39, 0.29) is 10.9 Å². The molecular weight excluding hydrogens is 423 g/mol. The van der Waals surface area contributed by atoms with Gasteiger partial charge in [-0.15, -0.1) is 0 Å². The quantitative estimate of drug-likeness (QED) is 0.518. The fourth-order valence-corrected chi connectivity index (χ4v) is 8.82. The molecule has 1 unspecified atom stereocenters. The van der Waals surface area contributed by atoms with E-state index in [2.05, 4.69) is 35.2 Å². The molecule has 3 aliphatic heterocycles. The van der Waals surface area contributed by atoms with E-state index in [9.17, 15) is 9.18 Å². The van der Waals surface area contributed by atoms with Gasteiger partial charge in [0.15, 0.2) is 0 Å². The van der Waals surface area contributed by atoms with Crippen LogP contribution in [0.4, 0.5) is 21.7 Å². The molecule has 0 bridgehead atoms. The molecule has 156 valence electrons. The molecule has 1 amide bonds. The van der Waals surface area contributed by atoms with Crippen molar-refractivity contribution in [3.8, 4) is 0 Å². The van der Waals surface area contributed by atoms with Crippen LogP contribution in [0.3, 0.4) is 0 Å². The van der Waals surface area contributed by atoms with Crippen molar-refractivity contribution in [1.29, 1.82) is 0 Å². The first-order chi connectivity index (χ1) is 14.3. The van der Waals surface area contributed by atoms with E-state index in [1.807, 2.05) is 0 Å². The number of anilines is 3. The molecule has 0 radical (unpaired) electrons. The van der Waals surface area contributed by atoms with E-state index < -0.39 is 15.8 Å². The van der Waals surface area contributed by atoms with Gasteiger partial charge in [-0.1, -0.05) is 24.1 Å². The zero-order valence-corrected chi connectivity index (χ0v) is 18.6. The minimum absolute atomic E-state index is 0.0228. The average molecular weight is 445 g/mol. The van der Waals surface area contributed by atoms with Gasteiger partial charge in [0.25, 0.3) is 5.91 Å². The van der Waals surface area contributed by atoms with Crippen LogP contribution in [0.15, 0.2) is 41.1 Å². The molecule has 5 nitrogen and oxygen atoms in total. The summed E-state index contributed by atoms with van der Waals surface area (Å²) in [4.78, 5) is 24.8.